The Bertz CT molecular complexity index is 3270. The summed E-state index contributed by atoms with van der Waals surface area (Å²) in [6.07, 6.45) is 1.82. The second kappa shape index (κ2) is 26.6. The van der Waals surface area contributed by atoms with Crippen LogP contribution in [0.15, 0.2) is 176 Å². The Balaban J connectivity index is 1.05. The predicted octanol–water partition coefficient (Wildman–Crippen LogP) is 13.6. The van der Waals surface area contributed by atoms with Crippen LogP contribution >= 0.6 is 8.53 Å². The molecule has 1 amide bonds. The van der Waals surface area contributed by atoms with Gasteiger partial charge in [0.1, 0.15) is 35.8 Å². The zero-order chi connectivity index (χ0) is 58.9. The van der Waals surface area contributed by atoms with Crippen molar-refractivity contribution in [3.8, 4) is 11.5 Å². The van der Waals surface area contributed by atoms with Gasteiger partial charge in [-0.15, -0.1) is 0 Å². The highest BCUT2D eigenvalue weighted by Gasteiger charge is 2.51. The summed E-state index contributed by atoms with van der Waals surface area (Å²) in [6, 6.07) is 56.1. The number of hydrogen-bond donors (Lipinski definition) is 1. The van der Waals surface area contributed by atoms with E-state index in [4.69, 9.17) is 42.4 Å². The van der Waals surface area contributed by atoms with E-state index >= 15 is 0 Å². The van der Waals surface area contributed by atoms with E-state index in [9.17, 15) is 4.79 Å². The molecule has 6 aromatic carbocycles. The molecule has 14 nitrogen and oxygen atoms in total. The number of nitrogens with zero attached hydrogens (tertiary/aromatic N) is 5. The largest absolute Gasteiger partial charge is 0.497 e. The molecule has 1 unspecified atom stereocenters. The number of hydrogen-bond acceptors (Lipinski definition) is 12. The van der Waals surface area contributed by atoms with Gasteiger partial charge >= 0.3 is 0 Å². The average molecular weight is 1170 g/mol. The second-order valence-corrected chi connectivity index (χ2v) is 35.2. The third-order valence-electron chi connectivity index (χ3n) is 15.4. The summed E-state index contributed by atoms with van der Waals surface area (Å²) < 4.78 is 51.9. The third kappa shape index (κ3) is 13.6. The fourth-order valence-electron chi connectivity index (χ4n) is 11.2. The highest BCUT2D eigenvalue weighted by atomic mass is 31.2. The zero-order valence-corrected chi connectivity index (χ0v) is 53.0. The summed E-state index contributed by atoms with van der Waals surface area (Å²) in [7, 11) is -2.65. The molecule has 1 saturated heterocycles. The van der Waals surface area contributed by atoms with Crippen LogP contribution in [-0.4, -0.2) is 98.2 Å². The van der Waals surface area contributed by atoms with Gasteiger partial charge in [0.2, 0.25) is 0 Å². The summed E-state index contributed by atoms with van der Waals surface area (Å²) in [6.45, 7) is 23.4. The lowest BCUT2D eigenvalue weighted by molar-refractivity contribution is -0.0911. The molecule has 17 heteroatoms. The normalized spacial score (nSPS) is 16.4. The number of anilines is 1. The van der Waals surface area contributed by atoms with Crippen LogP contribution in [0.25, 0.3) is 11.2 Å². The van der Waals surface area contributed by atoms with Gasteiger partial charge in [0.15, 0.2) is 17.0 Å². The predicted molar refractivity (Wildman–Crippen MR) is 337 cm³/mol. The van der Waals surface area contributed by atoms with Gasteiger partial charge in [-0.3, -0.25) is 9.36 Å². The van der Waals surface area contributed by atoms with Crippen molar-refractivity contribution in [3.63, 3.8) is 0 Å². The minimum Gasteiger partial charge on any atom is -0.497 e. The number of imidazole rings is 1. The number of ether oxygens (including phenoxy) is 4. The Morgan fingerprint density at radius 1 is 0.723 bits per heavy atom. The Hall–Kier alpha value is -6.44. The van der Waals surface area contributed by atoms with Crippen molar-refractivity contribution in [2.75, 3.05) is 32.8 Å². The monoisotopic (exact) mass is 1170 g/mol. The number of carbonyl (C=O) groups is 1. The highest BCUT2D eigenvalue weighted by molar-refractivity contribution is 7.44. The number of fused-ring (bicyclic) bond motifs is 1. The molecule has 4 atom stereocenters. The van der Waals surface area contributed by atoms with Crippen LogP contribution in [0.5, 0.6) is 11.5 Å². The molecule has 2 aromatic heterocycles. The van der Waals surface area contributed by atoms with Gasteiger partial charge in [0.05, 0.1) is 46.5 Å². The van der Waals surface area contributed by atoms with Crippen LogP contribution in [0.1, 0.15) is 93.7 Å². The first-order valence-electron chi connectivity index (χ1n) is 28.7. The first-order chi connectivity index (χ1) is 39.9. The van der Waals surface area contributed by atoms with Crippen LogP contribution in [0.2, 0.25) is 30.7 Å². The highest BCUT2D eigenvalue weighted by Crippen LogP contribution is 2.51. The molecular weight excluding hydrogens is 1090 g/mol. The summed E-state index contributed by atoms with van der Waals surface area (Å²) in [5.74, 6) is 1.37. The second-order valence-electron chi connectivity index (χ2n) is 23.9. The van der Waals surface area contributed by atoms with Gasteiger partial charge in [-0.1, -0.05) is 174 Å². The molecule has 8 aromatic rings. The Labute approximate surface area is 494 Å². The van der Waals surface area contributed by atoms with Crippen LogP contribution in [0.3, 0.4) is 0 Å². The fraction of sp³-hybridized carbons (Fsp3) is 0.364. The van der Waals surface area contributed by atoms with Crippen molar-refractivity contribution in [3.05, 3.63) is 204 Å². The molecule has 1 N–H and O–H groups in total. The lowest BCUT2D eigenvalue weighted by Crippen LogP contribution is -2.66. The number of benzene rings is 6. The van der Waals surface area contributed by atoms with Crippen molar-refractivity contribution in [1.29, 1.82) is 0 Å². The van der Waals surface area contributed by atoms with E-state index in [2.05, 4.69) is 144 Å². The molecular formula is C66H81N6O8PSi2. The molecule has 0 saturated carbocycles. The molecule has 0 radical (unpaired) electrons. The van der Waals surface area contributed by atoms with Crippen molar-refractivity contribution in [2.45, 2.75) is 128 Å². The van der Waals surface area contributed by atoms with Crippen molar-refractivity contribution < 1.29 is 37.2 Å². The topological polar surface area (TPSA) is 141 Å². The van der Waals surface area contributed by atoms with E-state index in [1.807, 2.05) is 108 Å². The van der Waals surface area contributed by atoms with Crippen molar-refractivity contribution in [1.82, 2.24) is 24.2 Å². The molecule has 0 bridgehead atoms. The van der Waals surface area contributed by atoms with Gasteiger partial charge in [-0.25, -0.2) is 19.6 Å². The van der Waals surface area contributed by atoms with Crippen molar-refractivity contribution >= 4 is 58.2 Å². The van der Waals surface area contributed by atoms with E-state index in [1.165, 1.54) is 6.33 Å². The van der Waals surface area contributed by atoms with Crippen LogP contribution in [0, 0.1) is 0 Å². The minimum absolute atomic E-state index is 0.109. The molecule has 1 aliphatic heterocycles. The number of aromatic nitrogens is 4. The Morgan fingerprint density at radius 2 is 1.27 bits per heavy atom. The molecule has 83 heavy (non-hydrogen) atoms. The van der Waals surface area contributed by atoms with E-state index in [0.29, 0.717) is 29.8 Å². The molecule has 9 rings (SSSR count). The molecule has 1 aliphatic rings. The summed E-state index contributed by atoms with van der Waals surface area (Å²) in [5, 5.41) is 5.17. The Kier molecular flexibility index (Phi) is 19.6. The van der Waals surface area contributed by atoms with Crippen LogP contribution in [0.4, 0.5) is 5.82 Å². The number of rotatable bonds is 25. The van der Waals surface area contributed by atoms with Crippen LogP contribution in [-0.2, 0) is 35.2 Å². The molecule has 3 heterocycles. The number of nitrogens with one attached hydrogen (secondary N) is 1. The maximum Gasteiger partial charge on any atom is 0.261 e. The third-order valence-corrected chi connectivity index (χ3v) is 24.2. The van der Waals surface area contributed by atoms with Gasteiger partial charge in [-0.05, 0) is 102 Å². The lowest BCUT2D eigenvalue weighted by atomic mass is 9.80. The van der Waals surface area contributed by atoms with E-state index in [1.54, 1.807) is 20.5 Å². The number of methoxy groups -OCH3 is 2. The molecule has 1 fully saturated rings. The van der Waals surface area contributed by atoms with Gasteiger partial charge in [0, 0.05) is 32.1 Å². The average Bonchev–Trinajstić information content (AvgIpc) is 3.07. The lowest BCUT2D eigenvalue weighted by Gasteiger charge is -2.43. The van der Waals surface area contributed by atoms with Gasteiger partial charge in [0.25, 0.3) is 22.8 Å². The van der Waals surface area contributed by atoms with Crippen molar-refractivity contribution in [2.24, 2.45) is 0 Å². The number of amides is 1. The molecule has 436 valence electrons. The Morgan fingerprint density at radius 3 is 1.81 bits per heavy atom. The van der Waals surface area contributed by atoms with Crippen LogP contribution < -0.4 is 25.2 Å². The zero-order valence-electron chi connectivity index (χ0n) is 50.1. The molecule has 0 spiro atoms. The van der Waals surface area contributed by atoms with E-state index in [-0.39, 0.29) is 42.1 Å². The van der Waals surface area contributed by atoms with E-state index < -0.39 is 49.0 Å². The SMILES string of the molecule is COc1ccc(C(OC[C@H]2O[C@@H](n3cnc4c(NC(=O)c5ccccc5CO[Si](c5ccccc5)(c5ccccc5)C(C)(C)C)ncnc43)C[C@@H]2OP(OCC[Si](C)(C)C)N(C(C)C)C(C)C)(c2ccccc2)c2ccc(OC)cc2)cc1. The van der Waals surface area contributed by atoms with Gasteiger partial charge < -0.3 is 37.7 Å². The number of carbonyl (C=O) groups excluding carboxylic acids is 1. The summed E-state index contributed by atoms with van der Waals surface area (Å²) >= 11 is 0. The quantitative estimate of drug-likeness (QED) is 0.0331. The first-order valence-corrected chi connectivity index (χ1v) is 35.4. The maximum atomic E-state index is 14.7. The van der Waals surface area contributed by atoms with Gasteiger partial charge in [-0.2, -0.15) is 0 Å². The molecule has 0 aliphatic carbocycles. The summed E-state index contributed by atoms with van der Waals surface area (Å²) in [4.78, 5) is 28.9. The standard InChI is InChI=1S/C66H81N6O8PSi2/c1-47(2)72(48(3)4)81(77-40-41-82(10,11)12)80-58-42-60(79-59(58)44-76-66(50-25-16-13-17-26-50,51-32-36-53(74-8)37-33-51)52-34-38-54(75-9)39-35-52)71-46-69-61-62(67-45-68-63(61)71)70-64(73)57-31-23-22-24-49(57)43-78-83(65(5,6)7,55-27-18-14-19-28-55)56-29-20-15-21-30-56/h13-39,45-48,58-60H,40-44H2,1-12H3,(H,67,68,70,73)/t58-,59+,60+,81?/m0/s1. The first kappa shape index (κ1) is 61.1. The van der Waals surface area contributed by atoms with E-state index in [0.717, 1.165) is 50.2 Å². The summed E-state index contributed by atoms with van der Waals surface area (Å²) in [5.41, 5.74) is 3.70. The smallest absolute Gasteiger partial charge is 0.261 e. The fourth-order valence-corrected chi connectivity index (χ4v) is 18.4. The minimum atomic E-state index is -2.94. The maximum absolute atomic E-state index is 14.7.